The molecule has 0 N–H and O–H groups in total. The van der Waals surface area contributed by atoms with Crippen molar-refractivity contribution in [3.05, 3.63) is 0 Å². The third kappa shape index (κ3) is 11.7. The lowest BCUT2D eigenvalue weighted by molar-refractivity contribution is -0.129. The Hall–Kier alpha value is -0.350. The summed E-state index contributed by atoms with van der Waals surface area (Å²) in [6.07, 6.45) is -1.68. The lowest BCUT2D eigenvalue weighted by Gasteiger charge is -2.10. The molecule has 0 nitrogen and oxygen atoms in total. The molecule has 5 heteroatoms. The topological polar surface area (TPSA) is 0 Å². The van der Waals surface area contributed by atoms with Crippen LogP contribution in [0.4, 0.5) is 22.3 Å². The fraction of sp³-hybridized carbons (Fsp3) is 1.00. The van der Waals surface area contributed by atoms with E-state index in [0.29, 0.717) is 0 Å². The summed E-state index contributed by atoms with van der Waals surface area (Å²) in [6, 6.07) is 0. The summed E-state index contributed by atoms with van der Waals surface area (Å²) in [5.74, 6) is -3.79. The largest absolute Gasteiger partial charge is 0.307 e. The van der Waals surface area contributed by atoms with Crippen molar-refractivity contribution in [1.82, 2.24) is 0 Å². The van der Waals surface area contributed by atoms with Crippen LogP contribution in [0.2, 0.25) is 0 Å². The summed E-state index contributed by atoms with van der Waals surface area (Å²) in [5.41, 5.74) is 0. The number of hydrogen-bond acceptors (Lipinski definition) is 0. The van der Waals surface area contributed by atoms with Crippen LogP contribution < -0.4 is 0 Å². The fourth-order valence-electron chi connectivity index (χ4n) is 0.154. The van der Waals surface area contributed by atoms with Crippen LogP contribution >= 0.6 is 0 Å². The first-order valence-electron chi connectivity index (χ1n) is 4.08. The maximum absolute atomic E-state index is 11.5. The number of unbranched alkanes of at least 4 members (excludes halogenated alkanes) is 1. The number of halogens is 5. The summed E-state index contributed by atoms with van der Waals surface area (Å²) in [7, 11) is 0. The molecule has 13 heavy (non-hydrogen) atoms. The van der Waals surface area contributed by atoms with Crippen LogP contribution in [0.25, 0.3) is 0 Å². The molecule has 0 unspecified atom stereocenters. The Morgan fingerprint density at radius 2 is 1.31 bits per heavy atom. The Morgan fingerprint density at radius 3 is 1.31 bits per heavy atom. The lowest BCUT2D eigenvalue weighted by Crippen LogP contribution is -2.24. The Balaban J connectivity index is -0.000000173. The molecular formula is C8H17F5. The van der Waals surface area contributed by atoms with E-state index in [1.165, 1.54) is 12.8 Å². The van der Waals surface area contributed by atoms with Crippen LogP contribution in [0.5, 0.6) is 0 Å². The van der Waals surface area contributed by atoms with E-state index in [1.807, 2.05) is 0 Å². The summed E-state index contributed by atoms with van der Waals surface area (Å²) < 4.78 is 45.2. The molecule has 0 radical (unpaired) electrons. The van der Waals surface area contributed by atoms with Crippen LogP contribution in [0.15, 0.2) is 0 Å². The second kappa shape index (κ2) is 9.74. The first-order valence-corrected chi connectivity index (χ1v) is 4.08. The van der Waals surface area contributed by atoms with Crippen LogP contribution in [-0.4, -0.2) is 12.3 Å². The van der Waals surface area contributed by atoms with Gasteiger partial charge < -0.3 is 0 Å². The van der Waals surface area contributed by atoms with Crippen molar-refractivity contribution in [3.8, 4) is 0 Å². The van der Waals surface area contributed by atoms with E-state index in [-0.39, 0.29) is 4.70 Å². The monoisotopic (exact) mass is 208 g/mol. The van der Waals surface area contributed by atoms with E-state index in [4.69, 9.17) is 0 Å². The average Bonchev–Trinajstić information content (AvgIpc) is 2.05. The zero-order valence-corrected chi connectivity index (χ0v) is 8.12. The third-order valence-corrected chi connectivity index (χ3v) is 1.29. The van der Waals surface area contributed by atoms with E-state index in [9.17, 15) is 17.6 Å². The summed E-state index contributed by atoms with van der Waals surface area (Å²) in [5, 5.41) is 0. The van der Waals surface area contributed by atoms with E-state index < -0.39 is 18.8 Å². The van der Waals surface area contributed by atoms with Crippen molar-refractivity contribution >= 4 is 0 Å². The molecule has 0 saturated heterocycles. The number of hydrogen-bond donors (Lipinski definition) is 0. The quantitative estimate of drug-likeness (QED) is 0.608. The van der Waals surface area contributed by atoms with Gasteiger partial charge in [-0.1, -0.05) is 33.6 Å². The average molecular weight is 208 g/mol. The number of alkyl halides is 4. The van der Waals surface area contributed by atoms with Crippen LogP contribution in [0, 0.1) is 0 Å². The van der Waals surface area contributed by atoms with Gasteiger partial charge in [0.1, 0.15) is 0 Å². The fourth-order valence-corrected chi connectivity index (χ4v) is 0.154. The zero-order chi connectivity index (χ0) is 10.2. The van der Waals surface area contributed by atoms with Crippen molar-refractivity contribution in [3.63, 3.8) is 0 Å². The van der Waals surface area contributed by atoms with Gasteiger partial charge in [0, 0.05) is 6.42 Å². The molecular weight excluding hydrogens is 191 g/mol. The van der Waals surface area contributed by atoms with Crippen LogP contribution in [0.3, 0.4) is 0 Å². The highest BCUT2D eigenvalue weighted by molar-refractivity contribution is 4.64. The number of rotatable bonds is 3. The van der Waals surface area contributed by atoms with Gasteiger partial charge in [0.25, 0.3) is 0 Å². The van der Waals surface area contributed by atoms with Crippen LogP contribution in [-0.2, 0) is 0 Å². The molecule has 0 heterocycles. The molecule has 0 atom stereocenters. The molecule has 0 aliphatic rings. The normalized spacial score (nSPS) is 10.2. The first kappa shape index (κ1) is 18.4. The molecule has 84 valence electrons. The first-order chi connectivity index (χ1) is 5.42. The highest BCUT2D eigenvalue weighted by Crippen LogP contribution is 2.25. The van der Waals surface area contributed by atoms with E-state index in [1.54, 1.807) is 0 Å². The van der Waals surface area contributed by atoms with E-state index in [2.05, 4.69) is 13.8 Å². The summed E-state index contributed by atoms with van der Waals surface area (Å²) in [4.78, 5) is 0. The molecule has 0 aliphatic heterocycles. The van der Waals surface area contributed by atoms with Gasteiger partial charge in [-0.05, 0) is 0 Å². The smallest absolute Gasteiger partial charge is 0.269 e. The van der Waals surface area contributed by atoms with Gasteiger partial charge in [0.2, 0.25) is 0 Å². The lowest BCUT2D eigenvalue weighted by atomic mass is 10.3. The third-order valence-electron chi connectivity index (χ3n) is 1.29. The predicted molar refractivity (Wildman–Crippen MR) is 44.3 cm³/mol. The van der Waals surface area contributed by atoms with Crippen molar-refractivity contribution in [1.29, 1.82) is 0 Å². The van der Waals surface area contributed by atoms with E-state index in [0.717, 1.165) is 6.92 Å². The molecule has 0 saturated carbocycles. The van der Waals surface area contributed by atoms with Crippen molar-refractivity contribution < 1.29 is 22.3 Å². The van der Waals surface area contributed by atoms with Crippen molar-refractivity contribution in [2.45, 2.75) is 52.4 Å². The summed E-state index contributed by atoms with van der Waals surface area (Å²) in [6.45, 7) is 5.38. The molecule has 0 rings (SSSR count). The van der Waals surface area contributed by atoms with Gasteiger partial charge in [-0.15, -0.1) is 0 Å². The van der Waals surface area contributed by atoms with Gasteiger partial charge in [0.15, 0.2) is 0 Å². The Bertz CT molecular complexity index is 90.5. The minimum absolute atomic E-state index is 0. The van der Waals surface area contributed by atoms with Gasteiger partial charge in [-0.25, -0.2) is 17.6 Å². The SMILES string of the molecule is CCC(F)(F)C(F)F.CCCC.F. The van der Waals surface area contributed by atoms with Gasteiger partial charge in [-0.2, -0.15) is 0 Å². The Labute approximate surface area is 75.7 Å². The molecule has 0 bridgehead atoms. The van der Waals surface area contributed by atoms with Crippen LogP contribution in [0.1, 0.15) is 40.0 Å². The van der Waals surface area contributed by atoms with Gasteiger partial charge in [-0.3, -0.25) is 4.70 Å². The van der Waals surface area contributed by atoms with E-state index >= 15 is 0 Å². The van der Waals surface area contributed by atoms with Crippen molar-refractivity contribution in [2.24, 2.45) is 0 Å². The predicted octanol–water partition coefficient (Wildman–Crippen LogP) is 4.26. The highest BCUT2D eigenvalue weighted by atomic mass is 19.3. The second-order valence-corrected chi connectivity index (χ2v) is 2.42. The van der Waals surface area contributed by atoms with Gasteiger partial charge >= 0.3 is 12.3 Å². The molecule has 0 aromatic heterocycles. The maximum atomic E-state index is 11.5. The standard InChI is InChI=1S/C4H6F4.C4H10.FH/c1-2-4(7,8)3(5)6;1-3-4-2;/h3H,2H2,1H3;3-4H2,1-2H3;1H. The molecule has 0 spiro atoms. The second-order valence-electron chi connectivity index (χ2n) is 2.42. The summed E-state index contributed by atoms with van der Waals surface area (Å²) >= 11 is 0. The highest BCUT2D eigenvalue weighted by Gasteiger charge is 2.37. The van der Waals surface area contributed by atoms with Gasteiger partial charge in [0.05, 0.1) is 0 Å². The molecule has 0 aromatic carbocycles. The van der Waals surface area contributed by atoms with Crippen molar-refractivity contribution in [2.75, 3.05) is 0 Å². The Kier molecular flexibility index (Phi) is 13.8. The Morgan fingerprint density at radius 1 is 1.00 bits per heavy atom. The minimum Gasteiger partial charge on any atom is -0.269 e. The molecule has 0 fully saturated rings. The zero-order valence-electron chi connectivity index (χ0n) is 8.12. The molecule has 0 aliphatic carbocycles. The molecule has 0 amide bonds. The minimum atomic E-state index is -3.79. The molecule has 0 aromatic rings. The maximum Gasteiger partial charge on any atom is 0.307 e.